The van der Waals surface area contributed by atoms with Crippen molar-refractivity contribution in [1.82, 2.24) is 4.98 Å². The molecule has 0 bridgehead atoms. The van der Waals surface area contributed by atoms with Crippen molar-refractivity contribution >= 4 is 28.3 Å². The molecule has 142 valence electrons. The quantitative estimate of drug-likeness (QED) is 0.639. The summed E-state index contributed by atoms with van der Waals surface area (Å²) in [5.74, 6) is -0.518. The zero-order valence-corrected chi connectivity index (χ0v) is 15.7. The number of carbonyl (C=O) groups is 1. The van der Waals surface area contributed by atoms with Gasteiger partial charge in [0.05, 0.1) is 31.7 Å². The fraction of sp³-hybridized carbons (Fsp3) is 0.263. The van der Waals surface area contributed by atoms with Gasteiger partial charge < -0.3 is 24.5 Å². The van der Waals surface area contributed by atoms with Crippen molar-refractivity contribution < 1.29 is 23.1 Å². The zero-order valence-electron chi connectivity index (χ0n) is 15.7. The number of ether oxygens (including phenoxy) is 2. The third-order valence-electron chi connectivity index (χ3n) is 4.40. The molecule has 0 aliphatic rings. The first-order chi connectivity index (χ1) is 13.0. The third kappa shape index (κ3) is 2.92. The number of nitrogens with one attached hydrogen (secondary N) is 2. The Morgan fingerprint density at radius 3 is 2.44 bits per heavy atom. The fourth-order valence-electron chi connectivity index (χ4n) is 2.99. The molecule has 0 saturated heterocycles. The maximum absolute atomic E-state index is 14.9. The van der Waals surface area contributed by atoms with Gasteiger partial charge in [-0.2, -0.15) is 0 Å². The minimum atomic E-state index is -0.766. The molecule has 2 aromatic heterocycles. The van der Waals surface area contributed by atoms with Crippen LogP contribution < -0.4 is 20.1 Å². The lowest BCUT2D eigenvalue weighted by Crippen LogP contribution is -2.10. The second kappa shape index (κ2) is 7.14. The molecular weight excluding hydrogens is 353 g/mol. The maximum Gasteiger partial charge on any atom is 0.233 e. The molecule has 0 atom stereocenters. The molecule has 0 radical (unpaired) electrons. The van der Waals surface area contributed by atoms with Gasteiger partial charge in [0.2, 0.25) is 5.78 Å². The van der Waals surface area contributed by atoms with E-state index in [9.17, 15) is 9.18 Å². The molecule has 7 nitrogen and oxygen atoms in total. The van der Waals surface area contributed by atoms with E-state index < -0.39 is 11.6 Å². The van der Waals surface area contributed by atoms with Gasteiger partial charge in [0.25, 0.3) is 0 Å². The summed E-state index contributed by atoms with van der Waals surface area (Å²) in [4.78, 5) is 17.4. The number of benzene rings is 1. The zero-order chi connectivity index (χ0) is 19.7. The van der Waals surface area contributed by atoms with Crippen LogP contribution in [0.25, 0.3) is 11.0 Å². The molecule has 0 fully saturated rings. The lowest BCUT2D eigenvalue weighted by Gasteiger charge is -2.13. The van der Waals surface area contributed by atoms with Crippen LogP contribution in [0.15, 0.2) is 22.7 Å². The van der Waals surface area contributed by atoms with Crippen LogP contribution in [0.2, 0.25) is 0 Å². The molecule has 0 aliphatic heterocycles. The summed E-state index contributed by atoms with van der Waals surface area (Å²) in [7, 11) is 6.17. The minimum absolute atomic E-state index is 0.0140. The smallest absolute Gasteiger partial charge is 0.233 e. The van der Waals surface area contributed by atoms with Crippen molar-refractivity contribution in [3.63, 3.8) is 0 Å². The second-order valence-electron chi connectivity index (χ2n) is 5.80. The molecule has 8 heteroatoms. The molecule has 1 aromatic carbocycles. The first-order valence-corrected chi connectivity index (χ1v) is 8.20. The fourth-order valence-corrected chi connectivity index (χ4v) is 2.99. The number of rotatable bonds is 6. The standard InChI is InChI=1S/C19H20FN3O4/c1-9-11(25-4)7-12(26-5)16(20)15(9)18(24)19-17(22-3)10-6-14(21-2)23-8-13(10)27-19/h6-8,22H,1-5H3,(H,21,23). The van der Waals surface area contributed by atoms with Crippen molar-refractivity contribution in [3.05, 3.63) is 41.0 Å². The van der Waals surface area contributed by atoms with E-state index in [1.165, 1.54) is 26.5 Å². The van der Waals surface area contributed by atoms with E-state index in [4.69, 9.17) is 13.9 Å². The number of halogens is 1. The number of methoxy groups -OCH3 is 2. The minimum Gasteiger partial charge on any atom is -0.496 e. The summed E-state index contributed by atoms with van der Waals surface area (Å²) < 4.78 is 30.9. The van der Waals surface area contributed by atoms with Crippen LogP contribution in [0.4, 0.5) is 15.9 Å². The Morgan fingerprint density at radius 2 is 1.85 bits per heavy atom. The van der Waals surface area contributed by atoms with Gasteiger partial charge in [0, 0.05) is 31.1 Å². The van der Waals surface area contributed by atoms with Gasteiger partial charge in [-0.1, -0.05) is 0 Å². The average molecular weight is 373 g/mol. The molecule has 0 saturated carbocycles. The Balaban J connectivity index is 2.25. The van der Waals surface area contributed by atoms with Crippen molar-refractivity contribution in [1.29, 1.82) is 0 Å². The van der Waals surface area contributed by atoms with Gasteiger partial charge in [-0.25, -0.2) is 9.37 Å². The Bertz CT molecular complexity index is 1000. The Labute approximate surface area is 155 Å². The van der Waals surface area contributed by atoms with E-state index >= 15 is 0 Å². The van der Waals surface area contributed by atoms with Gasteiger partial charge in [-0.05, 0) is 13.0 Å². The highest BCUT2D eigenvalue weighted by molar-refractivity contribution is 6.16. The van der Waals surface area contributed by atoms with Crippen LogP contribution in [-0.2, 0) is 0 Å². The summed E-state index contributed by atoms with van der Waals surface area (Å²) in [6.45, 7) is 1.61. The number of ketones is 1. The van der Waals surface area contributed by atoms with E-state index in [0.29, 0.717) is 33.8 Å². The van der Waals surface area contributed by atoms with Gasteiger partial charge in [0.15, 0.2) is 22.9 Å². The molecule has 0 unspecified atom stereocenters. The van der Waals surface area contributed by atoms with Crippen LogP contribution in [0, 0.1) is 12.7 Å². The molecule has 0 aliphatic carbocycles. The predicted octanol–water partition coefficient (Wildman–Crippen LogP) is 3.61. The van der Waals surface area contributed by atoms with Crippen LogP contribution in [-0.4, -0.2) is 39.1 Å². The van der Waals surface area contributed by atoms with Gasteiger partial charge in [-0.3, -0.25) is 4.79 Å². The molecule has 3 rings (SSSR count). The summed E-state index contributed by atoms with van der Waals surface area (Å²) in [6.07, 6.45) is 1.51. The maximum atomic E-state index is 14.9. The van der Waals surface area contributed by atoms with E-state index in [2.05, 4.69) is 15.6 Å². The van der Waals surface area contributed by atoms with Crippen molar-refractivity contribution in [2.75, 3.05) is 38.9 Å². The molecule has 3 aromatic rings. The normalized spacial score (nSPS) is 10.7. The highest BCUT2D eigenvalue weighted by Gasteiger charge is 2.29. The monoisotopic (exact) mass is 373 g/mol. The number of aromatic nitrogens is 1. The largest absolute Gasteiger partial charge is 0.496 e. The average Bonchev–Trinajstić information content (AvgIpc) is 3.05. The van der Waals surface area contributed by atoms with E-state index in [1.807, 2.05) is 0 Å². The summed E-state index contributed by atoms with van der Waals surface area (Å²) in [6, 6.07) is 3.15. The summed E-state index contributed by atoms with van der Waals surface area (Å²) in [5.41, 5.74) is 1.06. The van der Waals surface area contributed by atoms with Crippen molar-refractivity contribution in [2.45, 2.75) is 6.92 Å². The number of carbonyl (C=O) groups excluding carboxylic acids is 1. The molecule has 27 heavy (non-hydrogen) atoms. The first kappa shape index (κ1) is 18.5. The van der Waals surface area contributed by atoms with E-state index in [-0.39, 0.29) is 17.1 Å². The van der Waals surface area contributed by atoms with E-state index in [1.54, 1.807) is 27.1 Å². The van der Waals surface area contributed by atoms with Gasteiger partial charge in [-0.15, -0.1) is 0 Å². The van der Waals surface area contributed by atoms with Crippen LogP contribution in [0.5, 0.6) is 11.5 Å². The first-order valence-electron chi connectivity index (χ1n) is 8.20. The van der Waals surface area contributed by atoms with Crippen molar-refractivity contribution in [3.8, 4) is 11.5 Å². The summed E-state index contributed by atoms with van der Waals surface area (Å²) in [5, 5.41) is 6.55. The second-order valence-corrected chi connectivity index (χ2v) is 5.80. The molecular formula is C19H20FN3O4. The lowest BCUT2D eigenvalue weighted by molar-refractivity contribution is 0.101. The van der Waals surface area contributed by atoms with Crippen LogP contribution >= 0.6 is 0 Å². The number of nitrogens with zero attached hydrogens (tertiary/aromatic N) is 1. The number of pyridine rings is 1. The number of anilines is 2. The summed E-state index contributed by atoms with van der Waals surface area (Å²) >= 11 is 0. The van der Waals surface area contributed by atoms with E-state index in [0.717, 1.165) is 0 Å². The predicted molar refractivity (Wildman–Crippen MR) is 101 cm³/mol. The molecule has 2 N–H and O–H groups in total. The van der Waals surface area contributed by atoms with Crippen LogP contribution in [0.1, 0.15) is 21.7 Å². The lowest BCUT2D eigenvalue weighted by atomic mass is 9.99. The number of hydrogen-bond acceptors (Lipinski definition) is 7. The SMILES string of the molecule is CNc1cc2c(NC)c(C(=O)c3c(C)c(OC)cc(OC)c3F)oc2cn1. The van der Waals surface area contributed by atoms with Crippen LogP contribution in [0.3, 0.4) is 0 Å². The Hall–Kier alpha value is -3.29. The van der Waals surface area contributed by atoms with Gasteiger partial charge in [0.1, 0.15) is 11.6 Å². The van der Waals surface area contributed by atoms with Gasteiger partial charge >= 0.3 is 0 Å². The Morgan fingerprint density at radius 1 is 1.15 bits per heavy atom. The highest BCUT2D eigenvalue weighted by atomic mass is 19.1. The molecule has 0 amide bonds. The Kier molecular flexibility index (Phi) is 4.89. The van der Waals surface area contributed by atoms with Crippen molar-refractivity contribution in [2.24, 2.45) is 0 Å². The number of fused-ring (bicyclic) bond motifs is 1. The number of furan rings is 1. The molecule has 2 heterocycles. The topological polar surface area (TPSA) is 85.6 Å². The highest BCUT2D eigenvalue weighted by Crippen LogP contribution is 2.37. The molecule has 0 spiro atoms. The third-order valence-corrected chi connectivity index (χ3v) is 4.40. The number of hydrogen-bond donors (Lipinski definition) is 2.